The number of nitrogens with zero attached hydrogens (tertiary/aromatic N) is 2. The minimum atomic E-state index is 0.537. The zero-order chi connectivity index (χ0) is 8.97. The average Bonchev–Trinajstić information content (AvgIpc) is 2.48. The lowest BCUT2D eigenvalue weighted by atomic mass is 10.7. The number of aromatic nitrogens is 1. The van der Waals surface area contributed by atoms with Crippen molar-refractivity contribution in [1.29, 1.82) is 0 Å². The smallest absolute Gasteiger partial charge is 0.195 e. The lowest BCUT2D eigenvalue weighted by Crippen LogP contribution is -2.09. The second-order valence-corrected chi connectivity index (χ2v) is 3.47. The summed E-state index contributed by atoms with van der Waals surface area (Å²) in [6, 6.07) is 0. The van der Waals surface area contributed by atoms with Crippen molar-refractivity contribution in [3.63, 3.8) is 0 Å². The second-order valence-electron chi connectivity index (χ2n) is 2.49. The Morgan fingerprint density at radius 3 is 2.92 bits per heavy atom. The highest BCUT2D eigenvalue weighted by Crippen LogP contribution is 2.26. The fraction of sp³-hybridized carbons (Fsp3) is 0.571. The molecule has 0 aliphatic carbocycles. The molecule has 0 unspecified atom stereocenters. The van der Waals surface area contributed by atoms with E-state index in [1.807, 2.05) is 19.0 Å². The van der Waals surface area contributed by atoms with Gasteiger partial charge in [-0.05, 0) is 0 Å². The van der Waals surface area contributed by atoms with Crippen LogP contribution >= 0.6 is 11.3 Å². The standard InChI is InChI=1S/C7H13N3OS/c1-10(2)7-9-5-6(12-7)11-4-3-8/h5H,3-4,8H2,1-2H3. The lowest BCUT2D eigenvalue weighted by molar-refractivity contribution is 0.337. The summed E-state index contributed by atoms with van der Waals surface area (Å²) in [5, 5.41) is 1.77. The van der Waals surface area contributed by atoms with Crippen LogP contribution in [0.3, 0.4) is 0 Å². The molecule has 0 amide bonds. The molecule has 4 nitrogen and oxygen atoms in total. The zero-order valence-electron chi connectivity index (χ0n) is 7.28. The molecule has 0 saturated heterocycles. The fourth-order valence-corrected chi connectivity index (χ4v) is 1.40. The van der Waals surface area contributed by atoms with E-state index >= 15 is 0 Å². The molecule has 5 heteroatoms. The first-order valence-electron chi connectivity index (χ1n) is 3.70. The van der Waals surface area contributed by atoms with Crippen LogP contribution in [0, 0.1) is 0 Å². The summed E-state index contributed by atoms with van der Waals surface area (Å²) in [5.74, 6) is 0. The number of ether oxygens (including phenoxy) is 1. The van der Waals surface area contributed by atoms with Crippen LogP contribution in [0.1, 0.15) is 0 Å². The van der Waals surface area contributed by atoms with E-state index in [1.54, 1.807) is 6.20 Å². The van der Waals surface area contributed by atoms with Gasteiger partial charge in [0.05, 0.1) is 6.20 Å². The van der Waals surface area contributed by atoms with Crippen LogP contribution in [0.4, 0.5) is 5.13 Å². The van der Waals surface area contributed by atoms with E-state index in [-0.39, 0.29) is 0 Å². The highest BCUT2D eigenvalue weighted by molar-refractivity contribution is 7.17. The molecule has 0 bridgehead atoms. The predicted molar refractivity (Wildman–Crippen MR) is 51.0 cm³/mol. The van der Waals surface area contributed by atoms with E-state index in [0.717, 1.165) is 10.2 Å². The van der Waals surface area contributed by atoms with Gasteiger partial charge >= 0.3 is 0 Å². The molecule has 0 radical (unpaired) electrons. The number of nitrogens with two attached hydrogens (primary N) is 1. The summed E-state index contributed by atoms with van der Waals surface area (Å²) < 4.78 is 5.29. The molecule has 0 aromatic carbocycles. The first kappa shape index (κ1) is 9.28. The van der Waals surface area contributed by atoms with Crippen molar-refractivity contribution in [2.24, 2.45) is 5.73 Å². The Labute approximate surface area is 76.0 Å². The summed E-state index contributed by atoms with van der Waals surface area (Å²) >= 11 is 1.52. The Balaban J connectivity index is 2.52. The topological polar surface area (TPSA) is 51.4 Å². The molecule has 0 atom stereocenters. The van der Waals surface area contributed by atoms with Crippen LogP contribution in [0.15, 0.2) is 6.20 Å². The van der Waals surface area contributed by atoms with Crippen molar-refractivity contribution in [3.05, 3.63) is 6.20 Å². The monoisotopic (exact) mass is 187 g/mol. The van der Waals surface area contributed by atoms with Crippen molar-refractivity contribution < 1.29 is 4.74 Å². The summed E-state index contributed by atoms with van der Waals surface area (Å²) in [7, 11) is 3.90. The maximum atomic E-state index is 5.29. The summed E-state index contributed by atoms with van der Waals surface area (Å²) in [6.07, 6.45) is 1.72. The summed E-state index contributed by atoms with van der Waals surface area (Å²) in [4.78, 5) is 6.09. The van der Waals surface area contributed by atoms with Crippen LogP contribution in [-0.2, 0) is 0 Å². The van der Waals surface area contributed by atoms with Crippen LogP contribution in [-0.4, -0.2) is 32.2 Å². The van der Waals surface area contributed by atoms with Gasteiger partial charge in [0.25, 0.3) is 0 Å². The van der Waals surface area contributed by atoms with Crippen molar-refractivity contribution in [3.8, 4) is 5.06 Å². The van der Waals surface area contributed by atoms with E-state index in [0.29, 0.717) is 13.2 Å². The zero-order valence-corrected chi connectivity index (χ0v) is 8.10. The lowest BCUT2D eigenvalue weighted by Gasteiger charge is -2.05. The van der Waals surface area contributed by atoms with Gasteiger partial charge in [-0.2, -0.15) is 0 Å². The Morgan fingerprint density at radius 1 is 1.67 bits per heavy atom. The van der Waals surface area contributed by atoms with Crippen LogP contribution < -0.4 is 15.4 Å². The second kappa shape index (κ2) is 4.27. The normalized spacial score (nSPS) is 9.92. The highest BCUT2D eigenvalue weighted by Gasteiger charge is 2.02. The Hall–Kier alpha value is -0.810. The van der Waals surface area contributed by atoms with E-state index in [2.05, 4.69) is 4.98 Å². The quantitative estimate of drug-likeness (QED) is 0.747. The third kappa shape index (κ3) is 2.35. The molecular formula is C7H13N3OS. The van der Waals surface area contributed by atoms with Crippen molar-refractivity contribution in [2.75, 3.05) is 32.1 Å². The third-order valence-corrected chi connectivity index (χ3v) is 2.29. The third-order valence-electron chi connectivity index (χ3n) is 1.22. The Kier molecular flexibility index (Phi) is 3.31. The fourth-order valence-electron chi connectivity index (χ4n) is 0.684. The Morgan fingerprint density at radius 2 is 2.42 bits per heavy atom. The molecule has 0 aliphatic rings. The molecule has 1 aromatic rings. The molecule has 2 N–H and O–H groups in total. The summed E-state index contributed by atoms with van der Waals surface area (Å²) in [6.45, 7) is 1.09. The maximum absolute atomic E-state index is 5.29. The molecule has 0 fully saturated rings. The SMILES string of the molecule is CN(C)c1ncc(OCCN)s1. The van der Waals surface area contributed by atoms with Gasteiger partial charge in [-0.1, -0.05) is 11.3 Å². The van der Waals surface area contributed by atoms with E-state index in [1.165, 1.54) is 11.3 Å². The van der Waals surface area contributed by atoms with Gasteiger partial charge in [-0.15, -0.1) is 0 Å². The molecule has 1 heterocycles. The van der Waals surface area contributed by atoms with Gasteiger partial charge < -0.3 is 15.4 Å². The maximum Gasteiger partial charge on any atom is 0.195 e. The first-order valence-corrected chi connectivity index (χ1v) is 4.51. The minimum absolute atomic E-state index is 0.537. The number of hydrogen-bond acceptors (Lipinski definition) is 5. The minimum Gasteiger partial charge on any atom is -0.481 e. The van der Waals surface area contributed by atoms with Crippen molar-refractivity contribution >= 4 is 16.5 Å². The van der Waals surface area contributed by atoms with Gasteiger partial charge in [0, 0.05) is 20.6 Å². The number of anilines is 1. The number of thiazole rings is 1. The summed E-state index contributed by atoms with van der Waals surface area (Å²) in [5.41, 5.74) is 5.29. The Bertz CT molecular complexity index is 236. The van der Waals surface area contributed by atoms with Gasteiger partial charge in [0.15, 0.2) is 10.2 Å². The number of hydrogen-bond donors (Lipinski definition) is 1. The molecule has 1 aromatic heterocycles. The molecule has 0 spiro atoms. The van der Waals surface area contributed by atoms with Gasteiger partial charge in [-0.25, -0.2) is 4.98 Å². The predicted octanol–water partition coefficient (Wildman–Crippen LogP) is 0.547. The van der Waals surface area contributed by atoms with Gasteiger partial charge in [0.1, 0.15) is 6.61 Å². The average molecular weight is 187 g/mol. The van der Waals surface area contributed by atoms with E-state index < -0.39 is 0 Å². The molecule has 0 aliphatic heterocycles. The molecule has 12 heavy (non-hydrogen) atoms. The van der Waals surface area contributed by atoms with Gasteiger partial charge in [-0.3, -0.25) is 0 Å². The van der Waals surface area contributed by atoms with Crippen LogP contribution in [0.2, 0.25) is 0 Å². The molecule has 68 valence electrons. The molecule has 1 rings (SSSR count). The van der Waals surface area contributed by atoms with E-state index in [9.17, 15) is 0 Å². The van der Waals surface area contributed by atoms with Crippen molar-refractivity contribution in [1.82, 2.24) is 4.98 Å². The molecule has 0 saturated carbocycles. The largest absolute Gasteiger partial charge is 0.481 e. The number of rotatable bonds is 4. The van der Waals surface area contributed by atoms with Crippen LogP contribution in [0.5, 0.6) is 5.06 Å². The highest BCUT2D eigenvalue weighted by atomic mass is 32.1. The van der Waals surface area contributed by atoms with Crippen molar-refractivity contribution in [2.45, 2.75) is 0 Å². The van der Waals surface area contributed by atoms with E-state index in [4.69, 9.17) is 10.5 Å². The van der Waals surface area contributed by atoms with Gasteiger partial charge in [0.2, 0.25) is 0 Å². The first-order chi connectivity index (χ1) is 5.74. The molecular weight excluding hydrogens is 174 g/mol. The van der Waals surface area contributed by atoms with Crippen LogP contribution in [0.25, 0.3) is 0 Å².